The summed E-state index contributed by atoms with van der Waals surface area (Å²) in [4.78, 5) is 20.9. The lowest BCUT2D eigenvalue weighted by atomic mass is 10.1. The highest BCUT2D eigenvalue weighted by atomic mass is 19.4. The van der Waals surface area contributed by atoms with Crippen molar-refractivity contribution in [1.29, 1.82) is 0 Å². The van der Waals surface area contributed by atoms with E-state index in [2.05, 4.69) is 21.9 Å². The number of hydrogen-bond acceptors (Lipinski definition) is 4. The third kappa shape index (κ3) is 4.20. The molecule has 5 nitrogen and oxygen atoms in total. The largest absolute Gasteiger partial charge is 0.421 e. The van der Waals surface area contributed by atoms with Crippen LogP contribution in [0.1, 0.15) is 31.2 Å². The fourth-order valence-electron chi connectivity index (χ4n) is 2.52. The molecule has 0 radical (unpaired) electrons. The van der Waals surface area contributed by atoms with E-state index in [0.29, 0.717) is 38.2 Å². The monoisotopic (exact) mass is 328 g/mol. The number of hydrogen-bond donors (Lipinski definition) is 1. The molecule has 0 bridgehead atoms. The standard InChI is InChI=1S/C15H19F3N4O/c1-3-12-19-8-11(15(16,17)18)14(21-12)20-10-6-5-7-22(9-10)13(23)4-2/h4,8,10H,2-3,5-7,9H2,1H3,(H,19,20,21). The van der Waals surface area contributed by atoms with Crippen LogP contribution < -0.4 is 5.32 Å². The average Bonchev–Trinajstić information content (AvgIpc) is 2.53. The highest BCUT2D eigenvalue weighted by Crippen LogP contribution is 2.34. The molecular weight excluding hydrogens is 309 g/mol. The molecule has 1 aliphatic heterocycles. The number of aryl methyl sites for hydroxylation is 1. The lowest BCUT2D eigenvalue weighted by molar-refractivity contribution is -0.137. The van der Waals surface area contributed by atoms with Crippen molar-refractivity contribution in [1.82, 2.24) is 14.9 Å². The number of aromatic nitrogens is 2. The Hall–Kier alpha value is -2.12. The van der Waals surface area contributed by atoms with Crippen molar-refractivity contribution in [2.24, 2.45) is 0 Å². The Kier molecular flexibility index (Phi) is 5.23. The molecule has 1 atom stereocenters. The smallest absolute Gasteiger partial charge is 0.365 e. The highest BCUT2D eigenvalue weighted by Gasteiger charge is 2.36. The number of alkyl halides is 3. The van der Waals surface area contributed by atoms with Gasteiger partial charge in [0.05, 0.1) is 0 Å². The Bertz CT molecular complexity index is 589. The first kappa shape index (κ1) is 17.2. The zero-order chi connectivity index (χ0) is 17.0. The van der Waals surface area contributed by atoms with E-state index in [-0.39, 0.29) is 17.8 Å². The zero-order valence-electron chi connectivity index (χ0n) is 12.9. The molecule has 1 saturated heterocycles. The van der Waals surface area contributed by atoms with Crippen molar-refractivity contribution < 1.29 is 18.0 Å². The second-order valence-electron chi connectivity index (χ2n) is 5.37. The number of anilines is 1. The van der Waals surface area contributed by atoms with E-state index in [4.69, 9.17) is 0 Å². The summed E-state index contributed by atoms with van der Waals surface area (Å²) in [5.74, 6) is -0.0953. The summed E-state index contributed by atoms with van der Waals surface area (Å²) in [5.41, 5.74) is -0.887. The van der Waals surface area contributed by atoms with Gasteiger partial charge in [-0.25, -0.2) is 9.97 Å². The molecule has 2 heterocycles. The first-order valence-electron chi connectivity index (χ1n) is 7.46. The van der Waals surface area contributed by atoms with Gasteiger partial charge in [-0.3, -0.25) is 4.79 Å². The van der Waals surface area contributed by atoms with Crippen molar-refractivity contribution in [3.05, 3.63) is 30.2 Å². The summed E-state index contributed by atoms with van der Waals surface area (Å²) in [7, 11) is 0. The predicted octanol–water partition coefficient (Wildman–Crippen LogP) is 2.65. The number of nitrogens with zero attached hydrogens (tertiary/aromatic N) is 3. The van der Waals surface area contributed by atoms with E-state index in [1.807, 2.05) is 0 Å². The number of halogens is 3. The normalized spacial score (nSPS) is 18.6. The maximum atomic E-state index is 13.1. The van der Waals surface area contributed by atoms with Crippen LogP contribution in [0.2, 0.25) is 0 Å². The summed E-state index contributed by atoms with van der Waals surface area (Å²) in [6.07, 6.45) is -0.681. The van der Waals surface area contributed by atoms with Gasteiger partial charge >= 0.3 is 6.18 Å². The van der Waals surface area contributed by atoms with Crippen molar-refractivity contribution in [2.45, 2.75) is 38.4 Å². The molecule has 8 heteroatoms. The van der Waals surface area contributed by atoms with Crippen LogP contribution in [0.5, 0.6) is 0 Å². The second-order valence-corrected chi connectivity index (χ2v) is 5.37. The fourth-order valence-corrected chi connectivity index (χ4v) is 2.52. The van der Waals surface area contributed by atoms with Crippen LogP contribution >= 0.6 is 0 Å². The summed E-state index contributed by atoms with van der Waals surface area (Å²) < 4.78 is 39.3. The first-order chi connectivity index (χ1) is 10.8. The average molecular weight is 328 g/mol. The van der Waals surface area contributed by atoms with Crippen molar-refractivity contribution in [3.63, 3.8) is 0 Å². The predicted molar refractivity (Wildman–Crippen MR) is 79.8 cm³/mol. The fraction of sp³-hybridized carbons (Fsp3) is 0.533. The maximum absolute atomic E-state index is 13.1. The van der Waals surface area contributed by atoms with Crippen LogP contribution in [-0.4, -0.2) is 39.9 Å². The van der Waals surface area contributed by atoms with E-state index in [1.54, 1.807) is 11.8 Å². The molecule has 2 rings (SSSR count). The molecule has 1 fully saturated rings. The van der Waals surface area contributed by atoms with Crippen molar-refractivity contribution >= 4 is 11.7 Å². The van der Waals surface area contributed by atoms with Crippen LogP contribution in [0.15, 0.2) is 18.9 Å². The number of piperidine rings is 1. The van der Waals surface area contributed by atoms with Crippen LogP contribution in [0.4, 0.5) is 19.0 Å². The van der Waals surface area contributed by atoms with E-state index in [1.165, 1.54) is 6.08 Å². The van der Waals surface area contributed by atoms with Gasteiger partial charge in [-0.05, 0) is 18.9 Å². The minimum Gasteiger partial charge on any atom is -0.365 e. The molecule has 1 N–H and O–H groups in total. The molecule has 0 aliphatic carbocycles. The van der Waals surface area contributed by atoms with Gasteiger partial charge in [0.1, 0.15) is 17.2 Å². The van der Waals surface area contributed by atoms with Crippen LogP contribution in [0.3, 0.4) is 0 Å². The van der Waals surface area contributed by atoms with Gasteiger partial charge in [-0.2, -0.15) is 13.2 Å². The highest BCUT2D eigenvalue weighted by molar-refractivity contribution is 5.87. The summed E-state index contributed by atoms with van der Waals surface area (Å²) >= 11 is 0. The number of carbonyl (C=O) groups excluding carboxylic acids is 1. The quantitative estimate of drug-likeness (QED) is 0.863. The minimum atomic E-state index is -4.53. The molecule has 126 valence electrons. The molecule has 1 aliphatic rings. The van der Waals surface area contributed by atoms with E-state index < -0.39 is 11.7 Å². The van der Waals surface area contributed by atoms with E-state index >= 15 is 0 Å². The van der Waals surface area contributed by atoms with Gasteiger partial charge in [-0.15, -0.1) is 0 Å². The molecule has 0 aromatic carbocycles. The SMILES string of the molecule is C=CC(=O)N1CCCC(Nc2nc(CC)ncc2C(F)(F)F)C1. The van der Waals surface area contributed by atoms with Crippen LogP contribution in [0.25, 0.3) is 0 Å². The van der Waals surface area contributed by atoms with Crippen molar-refractivity contribution in [2.75, 3.05) is 18.4 Å². The Morgan fingerprint density at radius 2 is 2.30 bits per heavy atom. The van der Waals surface area contributed by atoms with E-state index in [0.717, 1.165) is 6.20 Å². The Morgan fingerprint density at radius 3 is 2.91 bits per heavy atom. The molecular formula is C15H19F3N4O. The molecule has 1 unspecified atom stereocenters. The summed E-state index contributed by atoms with van der Waals surface area (Å²) in [6.45, 7) is 6.12. The summed E-state index contributed by atoms with van der Waals surface area (Å²) in [6, 6.07) is -0.284. The molecule has 1 aromatic heterocycles. The Labute approximate surface area is 132 Å². The topological polar surface area (TPSA) is 58.1 Å². The van der Waals surface area contributed by atoms with Gasteiger partial charge in [-0.1, -0.05) is 13.5 Å². The number of nitrogens with one attached hydrogen (secondary N) is 1. The van der Waals surface area contributed by atoms with Gasteiger partial charge in [0.25, 0.3) is 0 Å². The van der Waals surface area contributed by atoms with Gasteiger partial charge in [0, 0.05) is 31.7 Å². The van der Waals surface area contributed by atoms with Crippen LogP contribution in [-0.2, 0) is 17.4 Å². The molecule has 0 saturated carbocycles. The number of rotatable bonds is 4. The number of likely N-dealkylation sites (tertiary alicyclic amines) is 1. The first-order valence-corrected chi connectivity index (χ1v) is 7.46. The summed E-state index contributed by atoms with van der Waals surface area (Å²) in [5, 5.41) is 2.84. The minimum absolute atomic E-state index is 0.218. The third-order valence-electron chi connectivity index (χ3n) is 3.71. The lowest BCUT2D eigenvalue weighted by Gasteiger charge is -2.33. The molecule has 1 amide bonds. The maximum Gasteiger partial charge on any atom is 0.421 e. The second kappa shape index (κ2) is 6.97. The van der Waals surface area contributed by atoms with Gasteiger partial charge in [0.2, 0.25) is 5.91 Å². The van der Waals surface area contributed by atoms with Crippen LogP contribution in [0, 0.1) is 0 Å². The Balaban J connectivity index is 2.21. The van der Waals surface area contributed by atoms with Gasteiger partial charge < -0.3 is 10.2 Å². The lowest BCUT2D eigenvalue weighted by Crippen LogP contribution is -2.44. The zero-order valence-corrected chi connectivity index (χ0v) is 12.9. The molecule has 1 aromatic rings. The van der Waals surface area contributed by atoms with Gasteiger partial charge in [0.15, 0.2) is 0 Å². The number of carbonyl (C=O) groups is 1. The molecule has 23 heavy (non-hydrogen) atoms. The molecule has 0 spiro atoms. The van der Waals surface area contributed by atoms with E-state index in [9.17, 15) is 18.0 Å². The van der Waals surface area contributed by atoms with Crippen molar-refractivity contribution in [3.8, 4) is 0 Å². The Morgan fingerprint density at radius 1 is 1.57 bits per heavy atom. The third-order valence-corrected chi connectivity index (χ3v) is 3.71. The number of amides is 1.